The van der Waals surface area contributed by atoms with E-state index in [1.165, 1.54) is 21.8 Å². The lowest BCUT2D eigenvalue weighted by molar-refractivity contribution is 0.671. The van der Waals surface area contributed by atoms with E-state index in [0.717, 1.165) is 71.8 Å². The normalized spacial score (nSPS) is 11.9. The van der Waals surface area contributed by atoms with E-state index in [-0.39, 0.29) is 0 Å². The highest BCUT2D eigenvalue weighted by atomic mass is 16.3. The maximum absolute atomic E-state index is 6.93. The van der Waals surface area contributed by atoms with Crippen molar-refractivity contribution in [3.05, 3.63) is 188 Å². The molecule has 0 saturated carbocycles. The van der Waals surface area contributed by atoms with Crippen LogP contribution in [0.4, 0.5) is 0 Å². The van der Waals surface area contributed by atoms with Crippen LogP contribution in [0, 0.1) is 0 Å². The van der Waals surface area contributed by atoms with Crippen LogP contribution in [-0.4, -0.2) is 24.1 Å². The molecule has 0 aliphatic carbocycles. The fourth-order valence-electron chi connectivity index (χ4n) is 8.65. The van der Waals surface area contributed by atoms with Gasteiger partial charge in [0.2, 0.25) is 0 Å². The van der Waals surface area contributed by atoms with Gasteiger partial charge in [0.15, 0.2) is 23.1 Å². The molecule has 0 unspecified atom stereocenters. The van der Waals surface area contributed by atoms with E-state index in [2.05, 4.69) is 137 Å². The first-order valence-corrected chi connectivity index (χ1v) is 19.1. The first-order valence-electron chi connectivity index (χ1n) is 19.1. The Morgan fingerprint density at radius 3 is 1.56 bits per heavy atom. The van der Waals surface area contributed by atoms with Crippen LogP contribution >= 0.6 is 0 Å². The van der Waals surface area contributed by atoms with Gasteiger partial charge in [-0.05, 0) is 54.6 Å². The van der Waals surface area contributed by atoms with Gasteiger partial charge in [-0.1, -0.05) is 133 Å². The van der Waals surface area contributed by atoms with Crippen molar-refractivity contribution < 1.29 is 4.42 Å². The van der Waals surface area contributed by atoms with Crippen LogP contribution in [-0.2, 0) is 0 Å². The first-order chi connectivity index (χ1) is 28.3. The van der Waals surface area contributed by atoms with Crippen molar-refractivity contribution in [2.45, 2.75) is 0 Å². The quantitative estimate of drug-likeness (QED) is 0.177. The van der Waals surface area contributed by atoms with Crippen LogP contribution in [0.5, 0.6) is 0 Å². The molecular weight excluding hydrogens is 699 g/mol. The summed E-state index contributed by atoms with van der Waals surface area (Å²) >= 11 is 0. The van der Waals surface area contributed by atoms with Gasteiger partial charge in [-0.2, -0.15) is 0 Å². The zero-order chi connectivity index (χ0) is 37.5. The van der Waals surface area contributed by atoms with Gasteiger partial charge in [-0.25, -0.2) is 15.0 Å². The Morgan fingerprint density at radius 1 is 0.351 bits per heavy atom. The number of nitrogens with zero attached hydrogens (tertiary/aromatic N) is 5. The molecule has 0 fully saturated rings. The van der Waals surface area contributed by atoms with Crippen molar-refractivity contribution >= 4 is 65.6 Å². The number of furan rings is 1. The third kappa shape index (κ3) is 4.81. The summed E-state index contributed by atoms with van der Waals surface area (Å²) in [5.74, 6) is 1.85. The van der Waals surface area contributed by atoms with Gasteiger partial charge in [0.1, 0.15) is 5.58 Å². The predicted molar refractivity (Wildman–Crippen MR) is 232 cm³/mol. The molecule has 0 amide bonds. The van der Waals surface area contributed by atoms with Gasteiger partial charge in [0.25, 0.3) is 0 Å². The average Bonchev–Trinajstić information content (AvgIpc) is 3.95. The van der Waals surface area contributed by atoms with Crippen molar-refractivity contribution in [1.29, 1.82) is 0 Å². The van der Waals surface area contributed by atoms with Crippen LogP contribution < -0.4 is 0 Å². The SMILES string of the molecule is c1ccc(-c2nc(-c3ccccc3)nc(-c3cccc4c5ccc6c7cc(-n8c9ccccc9c9ccccc98)ccc7oc6c5n(-c5ccccc5)c34)n2)cc1. The Balaban J connectivity index is 1.15. The summed E-state index contributed by atoms with van der Waals surface area (Å²) in [5, 5.41) is 6.77. The van der Waals surface area contributed by atoms with Gasteiger partial charge >= 0.3 is 0 Å². The highest BCUT2D eigenvalue weighted by Gasteiger charge is 2.24. The molecule has 0 saturated heterocycles. The van der Waals surface area contributed by atoms with Crippen LogP contribution in [0.1, 0.15) is 0 Å². The standard InChI is InChI=1S/C51H31N5O/c1-4-15-32(16-5-1)49-52-50(33-17-6-2-7-18-33)54-51(53-49)41-24-14-23-38-39-28-29-40-42-31-35(55-43-25-12-10-21-36(43)37-22-11-13-26-44(37)55)27-30-45(42)57-48(40)47(39)56(46(38)41)34-19-8-3-9-20-34/h1-31H. The van der Waals surface area contributed by atoms with E-state index in [9.17, 15) is 0 Å². The third-order valence-corrected chi connectivity index (χ3v) is 11.2. The highest BCUT2D eigenvalue weighted by molar-refractivity contribution is 6.23. The average molecular weight is 730 g/mol. The fourth-order valence-corrected chi connectivity index (χ4v) is 8.65. The topological polar surface area (TPSA) is 61.7 Å². The fraction of sp³-hybridized carbons (Fsp3) is 0. The van der Waals surface area contributed by atoms with Crippen molar-refractivity contribution in [3.63, 3.8) is 0 Å². The second-order valence-corrected chi connectivity index (χ2v) is 14.4. The molecule has 6 nitrogen and oxygen atoms in total. The number of hydrogen-bond acceptors (Lipinski definition) is 4. The van der Waals surface area contributed by atoms with Crippen LogP contribution in [0.25, 0.3) is 111 Å². The lowest BCUT2D eigenvalue weighted by Crippen LogP contribution is -2.02. The minimum Gasteiger partial charge on any atom is -0.454 e. The summed E-state index contributed by atoms with van der Waals surface area (Å²) in [6.45, 7) is 0. The number of fused-ring (bicyclic) bond motifs is 10. The monoisotopic (exact) mass is 729 g/mol. The van der Waals surface area contributed by atoms with Crippen molar-refractivity contribution in [3.8, 4) is 45.5 Å². The smallest absolute Gasteiger partial charge is 0.166 e. The number of aromatic nitrogens is 5. The summed E-state index contributed by atoms with van der Waals surface area (Å²) in [5.41, 5.74) is 10.9. The minimum atomic E-state index is 0.602. The zero-order valence-corrected chi connectivity index (χ0v) is 30.5. The molecule has 0 bridgehead atoms. The van der Waals surface area contributed by atoms with Crippen LogP contribution in [0.3, 0.4) is 0 Å². The van der Waals surface area contributed by atoms with E-state index >= 15 is 0 Å². The molecule has 0 aliphatic rings. The molecule has 4 heterocycles. The lowest BCUT2D eigenvalue weighted by Gasteiger charge is -2.12. The lowest BCUT2D eigenvalue weighted by atomic mass is 10.1. The summed E-state index contributed by atoms with van der Waals surface area (Å²) in [6, 6.07) is 65.4. The second kappa shape index (κ2) is 12.3. The molecule has 0 radical (unpaired) electrons. The van der Waals surface area contributed by atoms with Gasteiger partial charge in [0.05, 0.1) is 22.1 Å². The summed E-state index contributed by atoms with van der Waals surface area (Å²) in [7, 11) is 0. The Morgan fingerprint density at radius 2 is 0.895 bits per heavy atom. The van der Waals surface area contributed by atoms with Crippen molar-refractivity contribution in [1.82, 2.24) is 24.1 Å². The highest BCUT2D eigenvalue weighted by Crippen LogP contribution is 2.44. The van der Waals surface area contributed by atoms with E-state index in [1.807, 2.05) is 60.7 Å². The maximum Gasteiger partial charge on any atom is 0.166 e. The van der Waals surface area contributed by atoms with E-state index in [1.54, 1.807) is 0 Å². The zero-order valence-electron chi connectivity index (χ0n) is 30.5. The third-order valence-electron chi connectivity index (χ3n) is 11.2. The summed E-state index contributed by atoms with van der Waals surface area (Å²) in [4.78, 5) is 15.3. The minimum absolute atomic E-state index is 0.602. The van der Waals surface area contributed by atoms with E-state index in [4.69, 9.17) is 19.4 Å². The number of rotatable bonds is 5. The molecule has 4 aromatic heterocycles. The Kier molecular flexibility index (Phi) is 6.83. The molecule has 8 aromatic carbocycles. The molecule has 266 valence electrons. The molecule has 0 atom stereocenters. The Labute approximate surface area is 326 Å². The Bertz CT molecular complexity index is 3400. The van der Waals surface area contributed by atoms with Crippen LogP contribution in [0.2, 0.25) is 0 Å². The number of para-hydroxylation sites is 4. The van der Waals surface area contributed by atoms with Crippen molar-refractivity contribution in [2.75, 3.05) is 0 Å². The molecule has 6 heteroatoms. The van der Waals surface area contributed by atoms with Crippen LogP contribution in [0.15, 0.2) is 192 Å². The van der Waals surface area contributed by atoms with Gasteiger partial charge < -0.3 is 13.6 Å². The molecule has 12 aromatic rings. The number of hydrogen-bond donors (Lipinski definition) is 0. The largest absolute Gasteiger partial charge is 0.454 e. The second-order valence-electron chi connectivity index (χ2n) is 14.4. The number of benzene rings is 8. The molecular formula is C51H31N5O. The first kappa shape index (κ1) is 31.5. The summed E-state index contributed by atoms with van der Waals surface area (Å²) < 4.78 is 11.6. The van der Waals surface area contributed by atoms with Crippen molar-refractivity contribution in [2.24, 2.45) is 0 Å². The van der Waals surface area contributed by atoms with Gasteiger partial charge in [-0.3, -0.25) is 0 Å². The molecule has 0 spiro atoms. The predicted octanol–water partition coefficient (Wildman–Crippen LogP) is 13.0. The molecule has 0 aliphatic heterocycles. The maximum atomic E-state index is 6.93. The molecule has 57 heavy (non-hydrogen) atoms. The molecule has 0 N–H and O–H groups in total. The van der Waals surface area contributed by atoms with Gasteiger partial charge in [0, 0.05) is 60.4 Å². The van der Waals surface area contributed by atoms with Gasteiger partial charge in [-0.15, -0.1) is 0 Å². The Hall–Kier alpha value is -7.83. The van der Waals surface area contributed by atoms with E-state index < -0.39 is 0 Å². The van der Waals surface area contributed by atoms with E-state index in [0.29, 0.717) is 17.5 Å². The molecule has 12 rings (SSSR count). The summed E-state index contributed by atoms with van der Waals surface area (Å²) in [6.07, 6.45) is 0.